The van der Waals surface area contributed by atoms with Crippen LogP contribution in [0.1, 0.15) is 45.1 Å². The van der Waals surface area contributed by atoms with E-state index in [4.69, 9.17) is 0 Å². The molecule has 0 fully saturated rings. The van der Waals surface area contributed by atoms with Crippen LogP contribution in [0.15, 0.2) is 24.3 Å². The molecule has 2 nitrogen and oxygen atoms in total. The molecule has 0 aliphatic heterocycles. The molecule has 0 spiro atoms. The first-order valence-corrected chi connectivity index (χ1v) is 7.04. The molecule has 0 aliphatic rings. The molecule has 1 aromatic rings. The van der Waals surface area contributed by atoms with Crippen molar-refractivity contribution in [1.82, 2.24) is 0 Å². The molecule has 2 unspecified atom stereocenters. The highest BCUT2D eigenvalue weighted by Gasteiger charge is 2.12. The predicted molar refractivity (Wildman–Crippen MR) is 76.8 cm³/mol. The summed E-state index contributed by atoms with van der Waals surface area (Å²) < 4.78 is 0. The van der Waals surface area contributed by atoms with Gasteiger partial charge in [0.15, 0.2) is 0 Å². The fourth-order valence-corrected chi connectivity index (χ4v) is 1.65. The van der Waals surface area contributed by atoms with E-state index in [-0.39, 0.29) is 10.7 Å². The van der Waals surface area contributed by atoms with Crippen LogP contribution in [-0.2, 0) is 4.79 Å². The lowest BCUT2D eigenvalue weighted by Gasteiger charge is -2.11. The Labute approximate surface area is 112 Å². The molecule has 1 aromatic carbocycles. The van der Waals surface area contributed by atoms with Crippen molar-refractivity contribution < 1.29 is 4.79 Å². The lowest BCUT2D eigenvalue weighted by atomic mass is 9.99. The molecular formula is C14H20BrNO. The van der Waals surface area contributed by atoms with Crippen LogP contribution in [0, 0.1) is 0 Å². The Balaban J connectivity index is 2.65. The number of alkyl halides is 1. The predicted octanol–water partition coefficient (Wildman–Crippen LogP) is 4.31. The minimum absolute atomic E-state index is 0.0174. The van der Waals surface area contributed by atoms with E-state index in [1.165, 1.54) is 5.56 Å². The number of halogens is 1. The van der Waals surface area contributed by atoms with Crippen molar-refractivity contribution in [3.8, 4) is 0 Å². The van der Waals surface area contributed by atoms with E-state index in [0.717, 1.165) is 18.5 Å². The number of benzene rings is 1. The van der Waals surface area contributed by atoms with Crippen LogP contribution in [0.5, 0.6) is 0 Å². The summed E-state index contributed by atoms with van der Waals surface area (Å²) in [6.45, 7) is 6.36. The zero-order valence-electron chi connectivity index (χ0n) is 10.7. The Morgan fingerprint density at radius 3 is 2.29 bits per heavy atom. The van der Waals surface area contributed by atoms with Crippen LogP contribution in [-0.4, -0.2) is 10.7 Å². The second-order valence-electron chi connectivity index (χ2n) is 4.30. The third kappa shape index (κ3) is 4.15. The van der Waals surface area contributed by atoms with Gasteiger partial charge in [-0.3, -0.25) is 4.79 Å². The Morgan fingerprint density at radius 2 is 1.82 bits per heavy atom. The van der Waals surface area contributed by atoms with Gasteiger partial charge >= 0.3 is 0 Å². The van der Waals surface area contributed by atoms with Gasteiger partial charge in [-0.25, -0.2) is 0 Å². The van der Waals surface area contributed by atoms with Gasteiger partial charge in [0.2, 0.25) is 5.91 Å². The van der Waals surface area contributed by atoms with Gasteiger partial charge in [0.25, 0.3) is 0 Å². The average molecular weight is 298 g/mol. The van der Waals surface area contributed by atoms with Crippen LogP contribution in [0.3, 0.4) is 0 Å². The molecule has 17 heavy (non-hydrogen) atoms. The quantitative estimate of drug-likeness (QED) is 0.806. The van der Waals surface area contributed by atoms with E-state index < -0.39 is 0 Å². The molecule has 0 radical (unpaired) electrons. The number of carbonyl (C=O) groups is 1. The summed E-state index contributed by atoms with van der Waals surface area (Å²) in [5.74, 6) is 0.586. The van der Waals surface area contributed by atoms with Gasteiger partial charge in [0.05, 0.1) is 4.83 Å². The van der Waals surface area contributed by atoms with E-state index in [1.54, 1.807) is 0 Å². The molecule has 0 aromatic heterocycles. The second-order valence-corrected chi connectivity index (χ2v) is 5.40. The highest BCUT2D eigenvalue weighted by Crippen LogP contribution is 2.20. The van der Waals surface area contributed by atoms with Crippen molar-refractivity contribution >= 4 is 27.5 Å². The molecule has 0 saturated heterocycles. The van der Waals surface area contributed by atoms with Gasteiger partial charge in [0.1, 0.15) is 0 Å². The molecule has 94 valence electrons. The van der Waals surface area contributed by atoms with Crippen LogP contribution in [0.4, 0.5) is 5.69 Å². The number of carbonyl (C=O) groups excluding carboxylic acids is 1. The lowest BCUT2D eigenvalue weighted by molar-refractivity contribution is -0.115. The highest BCUT2D eigenvalue weighted by molar-refractivity contribution is 9.10. The van der Waals surface area contributed by atoms with E-state index in [1.807, 2.05) is 19.1 Å². The second kappa shape index (κ2) is 6.80. The number of nitrogens with one attached hydrogen (secondary N) is 1. The minimum Gasteiger partial charge on any atom is -0.325 e. The molecule has 1 N–H and O–H groups in total. The fourth-order valence-electron chi connectivity index (χ4n) is 1.54. The molecule has 0 heterocycles. The molecule has 1 amide bonds. The maximum Gasteiger partial charge on any atom is 0.238 e. The van der Waals surface area contributed by atoms with Gasteiger partial charge in [-0.1, -0.05) is 48.8 Å². The first-order chi connectivity index (χ1) is 8.08. The van der Waals surface area contributed by atoms with Gasteiger partial charge in [-0.15, -0.1) is 0 Å². The summed E-state index contributed by atoms with van der Waals surface area (Å²) in [7, 11) is 0. The number of anilines is 1. The summed E-state index contributed by atoms with van der Waals surface area (Å²) in [6.07, 6.45) is 1.92. The minimum atomic E-state index is -0.114. The van der Waals surface area contributed by atoms with Gasteiger partial charge in [-0.05, 0) is 36.5 Å². The summed E-state index contributed by atoms with van der Waals surface area (Å²) in [6, 6.07) is 8.10. The van der Waals surface area contributed by atoms with Crippen molar-refractivity contribution in [2.75, 3.05) is 5.32 Å². The van der Waals surface area contributed by atoms with E-state index in [9.17, 15) is 4.79 Å². The standard InChI is InChI=1S/C14H20BrNO/c1-4-10(3)11-6-8-12(9-7-11)16-14(17)13(15)5-2/h6-10,13H,4-5H2,1-3H3,(H,16,17). The third-order valence-electron chi connectivity index (χ3n) is 3.00. The molecule has 1 rings (SSSR count). The number of hydrogen-bond donors (Lipinski definition) is 1. The normalized spacial score (nSPS) is 14.1. The first-order valence-electron chi connectivity index (χ1n) is 6.13. The Kier molecular flexibility index (Phi) is 5.69. The van der Waals surface area contributed by atoms with Gasteiger partial charge in [0, 0.05) is 5.69 Å². The topological polar surface area (TPSA) is 29.1 Å². The summed E-state index contributed by atoms with van der Waals surface area (Å²) in [5, 5.41) is 2.89. The van der Waals surface area contributed by atoms with Crippen LogP contribution in [0.25, 0.3) is 0 Å². The largest absolute Gasteiger partial charge is 0.325 e. The van der Waals surface area contributed by atoms with Gasteiger partial charge in [-0.2, -0.15) is 0 Å². The Bertz CT molecular complexity index is 361. The maximum atomic E-state index is 11.7. The monoisotopic (exact) mass is 297 g/mol. The summed E-state index contributed by atoms with van der Waals surface area (Å²) in [4.78, 5) is 11.5. The molecule has 0 aliphatic carbocycles. The molecule has 0 saturated carbocycles. The first kappa shape index (κ1) is 14.2. The van der Waals surface area contributed by atoms with E-state index >= 15 is 0 Å². The molecule has 2 atom stereocenters. The number of hydrogen-bond acceptors (Lipinski definition) is 1. The molecule has 3 heteroatoms. The third-order valence-corrected chi connectivity index (χ3v) is 4.07. The maximum absolute atomic E-state index is 11.7. The zero-order valence-corrected chi connectivity index (χ0v) is 12.3. The summed E-state index contributed by atoms with van der Waals surface area (Å²) >= 11 is 3.34. The van der Waals surface area contributed by atoms with Crippen molar-refractivity contribution in [3.05, 3.63) is 29.8 Å². The van der Waals surface area contributed by atoms with Gasteiger partial charge < -0.3 is 5.32 Å². The van der Waals surface area contributed by atoms with Crippen LogP contribution < -0.4 is 5.32 Å². The lowest BCUT2D eigenvalue weighted by Crippen LogP contribution is -2.21. The summed E-state index contributed by atoms with van der Waals surface area (Å²) in [5.41, 5.74) is 2.18. The number of rotatable bonds is 5. The van der Waals surface area contributed by atoms with Crippen LogP contribution >= 0.6 is 15.9 Å². The average Bonchev–Trinajstić information content (AvgIpc) is 2.37. The van der Waals surface area contributed by atoms with Crippen molar-refractivity contribution in [2.24, 2.45) is 0 Å². The fraction of sp³-hybridized carbons (Fsp3) is 0.500. The van der Waals surface area contributed by atoms with Crippen molar-refractivity contribution in [1.29, 1.82) is 0 Å². The van der Waals surface area contributed by atoms with E-state index in [0.29, 0.717) is 5.92 Å². The van der Waals surface area contributed by atoms with Crippen molar-refractivity contribution in [2.45, 2.75) is 44.4 Å². The Hall–Kier alpha value is -0.830. The SMILES string of the molecule is CCC(Br)C(=O)Nc1ccc(C(C)CC)cc1. The van der Waals surface area contributed by atoms with E-state index in [2.05, 4.69) is 47.2 Å². The Morgan fingerprint density at radius 1 is 1.24 bits per heavy atom. The number of amides is 1. The smallest absolute Gasteiger partial charge is 0.238 e. The van der Waals surface area contributed by atoms with Crippen molar-refractivity contribution in [3.63, 3.8) is 0 Å². The highest BCUT2D eigenvalue weighted by atomic mass is 79.9. The van der Waals surface area contributed by atoms with Crippen LogP contribution in [0.2, 0.25) is 0 Å². The molecule has 0 bridgehead atoms. The molecular weight excluding hydrogens is 278 g/mol. The zero-order chi connectivity index (χ0) is 12.8.